The van der Waals surface area contributed by atoms with Gasteiger partial charge in [0.1, 0.15) is 0 Å². The van der Waals surface area contributed by atoms with Gasteiger partial charge in [0.15, 0.2) is 0 Å². The SMILES string of the molecule is CCCCCCCCCC(CC(O)CC)S(=O)(=O)[O-].[Na+]. The van der Waals surface area contributed by atoms with Crippen molar-refractivity contribution in [2.24, 2.45) is 0 Å². The van der Waals surface area contributed by atoms with Crippen LogP contribution in [0.4, 0.5) is 0 Å². The predicted molar refractivity (Wildman–Crippen MR) is 77.0 cm³/mol. The summed E-state index contributed by atoms with van der Waals surface area (Å²) in [5.74, 6) is 0. The van der Waals surface area contributed by atoms with Crippen LogP contribution >= 0.6 is 0 Å². The molecule has 0 saturated carbocycles. The van der Waals surface area contributed by atoms with Crippen LogP contribution in [-0.2, 0) is 10.1 Å². The Morgan fingerprint density at radius 2 is 1.50 bits per heavy atom. The zero-order valence-corrected chi connectivity index (χ0v) is 16.1. The maximum Gasteiger partial charge on any atom is 1.00 e. The number of hydrogen-bond acceptors (Lipinski definition) is 4. The molecule has 116 valence electrons. The van der Waals surface area contributed by atoms with Crippen molar-refractivity contribution in [1.29, 1.82) is 0 Å². The van der Waals surface area contributed by atoms with Crippen molar-refractivity contribution in [3.05, 3.63) is 0 Å². The second-order valence-corrected chi connectivity index (χ2v) is 6.97. The summed E-state index contributed by atoms with van der Waals surface area (Å²) >= 11 is 0. The van der Waals surface area contributed by atoms with Gasteiger partial charge in [-0.2, -0.15) is 0 Å². The van der Waals surface area contributed by atoms with Crippen LogP contribution in [-0.4, -0.2) is 29.4 Å². The summed E-state index contributed by atoms with van der Waals surface area (Å²) in [7, 11) is -4.28. The average molecular weight is 316 g/mol. The molecule has 2 unspecified atom stereocenters. The second-order valence-electron chi connectivity index (χ2n) is 5.32. The molecular weight excluding hydrogens is 287 g/mol. The van der Waals surface area contributed by atoms with E-state index in [1.807, 2.05) is 0 Å². The number of aliphatic hydroxyl groups excluding tert-OH is 1. The number of hydrogen-bond donors (Lipinski definition) is 1. The van der Waals surface area contributed by atoms with Crippen molar-refractivity contribution in [2.75, 3.05) is 0 Å². The zero-order chi connectivity index (χ0) is 14.7. The normalized spacial score (nSPS) is 14.6. The third-order valence-electron chi connectivity index (χ3n) is 3.54. The summed E-state index contributed by atoms with van der Waals surface area (Å²) < 4.78 is 33.4. The molecule has 0 spiro atoms. The van der Waals surface area contributed by atoms with Crippen molar-refractivity contribution in [3.63, 3.8) is 0 Å². The first-order chi connectivity index (χ1) is 8.91. The molecular formula is C14H29NaO4S. The van der Waals surface area contributed by atoms with Gasteiger partial charge < -0.3 is 9.66 Å². The summed E-state index contributed by atoms with van der Waals surface area (Å²) in [6.07, 6.45) is 7.98. The molecule has 0 radical (unpaired) electrons. The fraction of sp³-hybridized carbons (Fsp3) is 1.00. The Bertz CT molecular complexity index is 306. The van der Waals surface area contributed by atoms with Crippen LogP contribution in [0.3, 0.4) is 0 Å². The topological polar surface area (TPSA) is 77.4 Å². The summed E-state index contributed by atoms with van der Waals surface area (Å²) in [6.45, 7) is 3.95. The van der Waals surface area contributed by atoms with Crippen LogP contribution in [0, 0.1) is 0 Å². The van der Waals surface area contributed by atoms with Crippen LogP contribution in [0.15, 0.2) is 0 Å². The van der Waals surface area contributed by atoms with Gasteiger partial charge in [-0.3, -0.25) is 0 Å². The molecule has 0 aromatic heterocycles. The molecule has 6 heteroatoms. The fourth-order valence-electron chi connectivity index (χ4n) is 2.18. The van der Waals surface area contributed by atoms with E-state index in [-0.39, 0.29) is 36.0 Å². The number of rotatable bonds is 12. The van der Waals surface area contributed by atoms with Gasteiger partial charge in [-0.05, 0) is 19.3 Å². The van der Waals surface area contributed by atoms with Crippen LogP contribution in [0.1, 0.15) is 78.1 Å². The van der Waals surface area contributed by atoms with Gasteiger partial charge >= 0.3 is 29.6 Å². The zero-order valence-electron chi connectivity index (χ0n) is 13.3. The van der Waals surface area contributed by atoms with Crippen molar-refractivity contribution >= 4 is 10.1 Å². The molecule has 0 aromatic carbocycles. The molecule has 20 heavy (non-hydrogen) atoms. The molecule has 1 N–H and O–H groups in total. The van der Waals surface area contributed by atoms with E-state index in [1.54, 1.807) is 6.92 Å². The van der Waals surface area contributed by atoms with E-state index >= 15 is 0 Å². The Labute approximate surface area is 146 Å². The number of unbranched alkanes of at least 4 members (excludes halogenated alkanes) is 6. The molecule has 0 aromatic rings. The Kier molecular flexibility index (Phi) is 15.7. The summed E-state index contributed by atoms with van der Waals surface area (Å²) in [4.78, 5) is 0. The van der Waals surface area contributed by atoms with Gasteiger partial charge in [0.2, 0.25) is 0 Å². The Morgan fingerprint density at radius 1 is 1.00 bits per heavy atom. The van der Waals surface area contributed by atoms with E-state index in [0.29, 0.717) is 12.8 Å². The molecule has 0 fully saturated rings. The quantitative estimate of drug-likeness (QED) is 0.317. The van der Waals surface area contributed by atoms with Crippen molar-refractivity contribution < 1.29 is 47.6 Å². The Morgan fingerprint density at radius 3 is 1.95 bits per heavy atom. The Balaban J connectivity index is 0. The van der Waals surface area contributed by atoms with Crippen LogP contribution in [0.2, 0.25) is 0 Å². The van der Waals surface area contributed by atoms with E-state index in [0.717, 1.165) is 19.3 Å². The van der Waals surface area contributed by atoms with E-state index in [9.17, 15) is 18.1 Å². The van der Waals surface area contributed by atoms with E-state index in [2.05, 4.69) is 6.92 Å². The van der Waals surface area contributed by atoms with Gasteiger partial charge in [0.05, 0.1) is 21.5 Å². The van der Waals surface area contributed by atoms with E-state index in [1.165, 1.54) is 25.7 Å². The first-order valence-electron chi connectivity index (χ1n) is 7.54. The van der Waals surface area contributed by atoms with E-state index < -0.39 is 21.5 Å². The minimum absolute atomic E-state index is 0. The minimum Gasteiger partial charge on any atom is -0.748 e. The molecule has 4 nitrogen and oxygen atoms in total. The Hall–Kier alpha value is 0.870. The molecule has 0 amide bonds. The van der Waals surface area contributed by atoms with Gasteiger partial charge in [0.25, 0.3) is 0 Å². The van der Waals surface area contributed by atoms with Gasteiger partial charge in [0, 0.05) is 0 Å². The summed E-state index contributed by atoms with van der Waals surface area (Å²) in [5.41, 5.74) is 0. The monoisotopic (exact) mass is 316 g/mol. The summed E-state index contributed by atoms with van der Waals surface area (Å²) in [6, 6.07) is 0. The van der Waals surface area contributed by atoms with Crippen molar-refractivity contribution in [2.45, 2.75) is 89.4 Å². The van der Waals surface area contributed by atoms with Crippen LogP contribution in [0.25, 0.3) is 0 Å². The molecule has 0 heterocycles. The third kappa shape index (κ3) is 12.6. The molecule has 0 aliphatic carbocycles. The minimum atomic E-state index is -4.28. The molecule has 0 saturated heterocycles. The maximum absolute atomic E-state index is 11.1. The summed E-state index contributed by atoms with van der Waals surface area (Å²) in [5, 5.41) is 8.57. The smallest absolute Gasteiger partial charge is 0.748 e. The van der Waals surface area contributed by atoms with Crippen LogP contribution < -0.4 is 29.6 Å². The standard InChI is InChI=1S/C14H30O4S.Na/c1-3-5-6-7-8-9-10-11-14(19(16,17)18)12-13(15)4-2;/h13-15H,3-12H2,1-2H3,(H,16,17,18);/q;+1/p-1. The molecule has 0 rings (SSSR count). The fourth-order valence-corrected chi connectivity index (χ4v) is 3.09. The maximum atomic E-state index is 11.1. The molecule has 0 aliphatic heterocycles. The van der Waals surface area contributed by atoms with Gasteiger partial charge in [-0.25, -0.2) is 8.42 Å². The van der Waals surface area contributed by atoms with Crippen LogP contribution in [0.5, 0.6) is 0 Å². The number of aliphatic hydroxyl groups is 1. The first-order valence-corrected chi connectivity index (χ1v) is 9.01. The second kappa shape index (κ2) is 13.5. The largest absolute Gasteiger partial charge is 1.00 e. The van der Waals surface area contributed by atoms with Gasteiger partial charge in [-0.1, -0.05) is 58.8 Å². The molecule has 2 atom stereocenters. The molecule has 0 bridgehead atoms. The first kappa shape index (κ1) is 23.1. The van der Waals surface area contributed by atoms with E-state index in [4.69, 9.17) is 0 Å². The van der Waals surface area contributed by atoms with Gasteiger partial charge in [-0.15, -0.1) is 0 Å². The van der Waals surface area contributed by atoms with Crippen molar-refractivity contribution in [3.8, 4) is 0 Å². The average Bonchev–Trinajstić information content (AvgIpc) is 2.34. The molecule has 0 aliphatic rings. The predicted octanol–water partition coefficient (Wildman–Crippen LogP) is 0.206. The van der Waals surface area contributed by atoms with Crippen molar-refractivity contribution in [1.82, 2.24) is 0 Å². The third-order valence-corrected chi connectivity index (χ3v) is 4.79.